The van der Waals surface area contributed by atoms with E-state index in [-0.39, 0.29) is 17.5 Å². The predicted octanol–water partition coefficient (Wildman–Crippen LogP) is 2.15. The number of benzene rings is 1. The lowest BCUT2D eigenvalue weighted by atomic mass is 10.2. The quantitative estimate of drug-likeness (QED) is 0.858. The molecular formula is C17H19N3O2. The van der Waals surface area contributed by atoms with Gasteiger partial charge in [-0.2, -0.15) is 0 Å². The van der Waals surface area contributed by atoms with Crippen molar-refractivity contribution in [1.29, 1.82) is 0 Å². The Morgan fingerprint density at radius 1 is 1.05 bits per heavy atom. The second-order valence-electron chi connectivity index (χ2n) is 4.85. The lowest BCUT2D eigenvalue weighted by Gasteiger charge is -2.07. The Kier molecular flexibility index (Phi) is 5.65. The molecule has 0 fully saturated rings. The molecule has 5 nitrogen and oxygen atoms in total. The Hall–Kier alpha value is -2.69. The summed E-state index contributed by atoms with van der Waals surface area (Å²) in [5.41, 5.74) is 1.69. The number of hydrogen-bond donors (Lipinski definition) is 2. The van der Waals surface area contributed by atoms with Gasteiger partial charge in [0.05, 0.1) is 0 Å². The number of hydrogen-bond acceptors (Lipinski definition) is 3. The van der Waals surface area contributed by atoms with E-state index in [2.05, 4.69) is 15.6 Å². The second kappa shape index (κ2) is 7.93. The zero-order valence-corrected chi connectivity index (χ0v) is 12.5. The fourth-order valence-electron chi connectivity index (χ4n) is 1.91. The summed E-state index contributed by atoms with van der Waals surface area (Å²) in [6.45, 7) is 3.01. The van der Waals surface area contributed by atoms with Crippen molar-refractivity contribution in [3.8, 4) is 0 Å². The van der Waals surface area contributed by atoms with Crippen molar-refractivity contribution < 1.29 is 9.59 Å². The van der Waals surface area contributed by atoms with E-state index in [0.29, 0.717) is 18.7 Å². The average Bonchev–Trinajstić information content (AvgIpc) is 2.58. The Morgan fingerprint density at radius 2 is 1.82 bits per heavy atom. The van der Waals surface area contributed by atoms with Crippen molar-refractivity contribution in [3.05, 3.63) is 65.5 Å². The van der Waals surface area contributed by atoms with Crippen molar-refractivity contribution in [2.24, 2.45) is 0 Å². The molecule has 0 spiro atoms. The van der Waals surface area contributed by atoms with Gasteiger partial charge in [-0.25, -0.2) is 0 Å². The molecule has 1 aromatic carbocycles. The van der Waals surface area contributed by atoms with Crippen molar-refractivity contribution in [2.45, 2.75) is 19.9 Å². The third-order valence-corrected chi connectivity index (χ3v) is 3.09. The SMILES string of the molecule is CCCNC(=O)c1cc(C(=O)NCc2ccccc2)ccn1. The lowest BCUT2D eigenvalue weighted by molar-refractivity contribution is 0.0948. The maximum Gasteiger partial charge on any atom is 0.269 e. The summed E-state index contributed by atoms with van der Waals surface area (Å²) in [6, 6.07) is 12.7. The highest BCUT2D eigenvalue weighted by molar-refractivity contribution is 5.98. The molecule has 2 rings (SSSR count). The minimum atomic E-state index is -0.264. The molecule has 5 heteroatoms. The fraction of sp³-hybridized carbons (Fsp3) is 0.235. The van der Waals surface area contributed by atoms with Crippen molar-refractivity contribution >= 4 is 11.8 Å². The van der Waals surface area contributed by atoms with Crippen LogP contribution < -0.4 is 10.6 Å². The van der Waals surface area contributed by atoms with Crippen molar-refractivity contribution in [2.75, 3.05) is 6.54 Å². The van der Waals surface area contributed by atoms with Gasteiger partial charge >= 0.3 is 0 Å². The summed E-state index contributed by atoms with van der Waals surface area (Å²) in [4.78, 5) is 28.0. The van der Waals surface area contributed by atoms with Crippen LogP contribution in [0, 0.1) is 0 Å². The average molecular weight is 297 g/mol. The minimum absolute atomic E-state index is 0.226. The van der Waals surface area contributed by atoms with Crippen LogP contribution in [0.25, 0.3) is 0 Å². The van der Waals surface area contributed by atoms with E-state index in [4.69, 9.17) is 0 Å². The number of carbonyl (C=O) groups is 2. The first-order chi connectivity index (χ1) is 10.7. The van der Waals surface area contributed by atoms with Crippen LogP contribution in [-0.4, -0.2) is 23.3 Å². The van der Waals surface area contributed by atoms with Gasteiger partial charge in [0.1, 0.15) is 5.69 Å². The molecule has 2 N–H and O–H groups in total. The van der Waals surface area contributed by atoms with Gasteiger partial charge < -0.3 is 10.6 Å². The van der Waals surface area contributed by atoms with Gasteiger partial charge in [0.15, 0.2) is 0 Å². The van der Waals surface area contributed by atoms with Crippen LogP contribution >= 0.6 is 0 Å². The minimum Gasteiger partial charge on any atom is -0.351 e. The highest BCUT2D eigenvalue weighted by Crippen LogP contribution is 2.04. The molecular weight excluding hydrogens is 278 g/mol. The van der Waals surface area contributed by atoms with Crippen LogP contribution in [0.3, 0.4) is 0 Å². The first-order valence-electron chi connectivity index (χ1n) is 7.27. The molecule has 0 unspecified atom stereocenters. The van der Waals surface area contributed by atoms with E-state index in [1.807, 2.05) is 37.3 Å². The van der Waals surface area contributed by atoms with Crippen LogP contribution in [0.4, 0.5) is 0 Å². The maximum absolute atomic E-state index is 12.1. The van der Waals surface area contributed by atoms with Crippen LogP contribution in [0.2, 0.25) is 0 Å². The van der Waals surface area contributed by atoms with Gasteiger partial charge in [-0.1, -0.05) is 37.3 Å². The lowest BCUT2D eigenvalue weighted by Crippen LogP contribution is -2.26. The Labute approximate surface area is 129 Å². The van der Waals surface area contributed by atoms with Crippen molar-refractivity contribution in [3.63, 3.8) is 0 Å². The van der Waals surface area contributed by atoms with Crippen LogP contribution in [0.15, 0.2) is 48.7 Å². The zero-order valence-electron chi connectivity index (χ0n) is 12.5. The fourth-order valence-corrected chi connectivity index (χ4v) is 1.91. The molecule has 2 aromatic rings. The number of pyridine rings is 1. The van der Waals surface area contributed by atoms with E-state index in [9.17, 15) is 9.59 Å². The molecule has 0 aliphatic rings. The highest BCUT2D eigenvalue weighted by Gasteiger charge is 2.11. The third kappa shape index (κ3) is 4.41. The summed E-state index contributed by atoms with van der Waals surface area (Å²) < 4.78 is 0. The molecule has 0 radical (unpaired) electrons. The van der Waals surface area contributed by atoms with Crippen molar-refractivity contribution in [1.82, 2.24) is 15.6 Å². The van der Waals surface area contributed by atoms with Gasteiger partial charge in [-0.3, -0.25) is 14.6 Å². The summed E-state index contributed by atoms with van der Waals surface area (Å²) in [6.07, 6.45) is 2.32. The summed E-state index contributed by atoms with van der Waals surface area (Å²) >= 11 is 0. The molecule has 0 saturated heterocycles. The molecule has 1 aromatic heterocycles. The normalized spacial score (nSPS) is 10.0. The summed E-state index contributed by atoms with van der Waals surface area (Å²) in [7, 11) is 0. The molecule has 0 atom stereocenters. The van der Waals surface area contributed by atoms with E-state index in [0.717, 1.165) is 12.0 Å². The number of amides is 2. The van der Waals surface area contributed by atoms with E-state index in [1.165, 1.54) is 12.3 Å². The molecule has 1 heterocycles. The van der Waals surface area contributed by atoms with Crippen LogP contribution in [0.1, 0.15) is 39.8 Å². The Bertz CT molecular complexity index is 641. The zero-order chi connectivity index (χ0) is 15.8. The predicted molar refractivity (Wildman–Crippen MR) is 84.5 cm³/mol. The summed E-state index contributed by atoms with van der Waals surface area (Å²) in [5.74, 6) is -0.490. The monoisotopic (exact) mass is 297 g/mol. The smallest absolute Gasteiger partial charge is 0.269 e. The Morgan fingerprint density at radius 3 is 2.55 bits per heavy atom. The maximum atomic E-state index is 12.1. The highest BCUT2D eigenvalue weighted by atomic mass is 16.2. The standard InChI is InChI=1S/C17H19N3O2/c1-2-9-19-17(22)15-11-14(8-10-18-15)16(21)20-12-13-6-4-3-5-7-13/h3-8,10-11H,2,9,12H2,1H3,(H,19,22)(H,20,21). The number of aromatic nitrogens is 1. The van der Waals surface area contributed by atoms with Gasteiger partial charge in [-0.15, -0.1) is 0 Å². The summed E-state index contributed by atoms with van der Waals surface area (Å²) in [5, 5.41) is 5.57. The van der Waals surface area contributed by atoms with Crippen LogP contribution in [-0.2, 0) is 6.54 Å². The molecule has 22 heavy (non-hydrogen) atoms. The molecule has 114 valence electrons. The molecule has 0 aliphatic carbocycles. The van der Waals surface area contributed by atoms with Gasteiger partial charge in [0.25, 0.3) is 11.8 Å². The van der Waals surface area contributed by atoms with Gasteiger partial charge in [-0.05, 0) is 24.1 Å². The van der Waals surface area contributed by atoms with E-state index >= 15 is 0 Å². The van der Waals surface area contributed by atoms with Crippen LogP contribution in [0.5, 0.6) is 0 Å². The number of nitrogens with one attached hydrogen (secondary N) is 2. The van der Waals surface area contributed by atoms with Gasteiger partial charge in [0, 0.05) is 24.8 Å². The number of carbonyl (C=O) groups excluding carboxylic acids is 2. The van der Waals surface area contributed by atoms with Gasteiger partial charge in [0.2, 0.25) is 0 Å². The van der Waals surface area contributed by atoms with E-state index < -0.39 is 0 Å². The topological polar surface area (TPSA) is 71.1 Å². The number of rotatable bonds is 6. The molecule has 2 amide bonds. The molecule has 0 aliphatic heterocycles. The molecule has 0 bridgehead atoms. The molecule has 0 saturated carbocycles. The van der Waals surface area contributed by atoms with E-state index in [1.54, 1.807) is 6.07 Å². The number of nitrogens with zero attached hydrogens (tertiary/aromatic N) is 1. The first-order valence-corrected chi connectivity index (χ1v) is 7.27. The largest absolute Gasteiger partial charge is 0.351 e. The first kappa shape index (κ1) is 15.7. The third-order valence-electron chi connectivity index (χ3n) is 3.09. The Balaban J connectivity index is 1.99. The second-order valence-corrected chi connectivity index (χ2v) is 4.85.